The molecule has 0 aliphatic heterocycles. The zero-order chi connectivity index (χ0) is 29.8. The van der Waals surface area contributed by atoms with Gasteiger partial charge in [-0.2, -0.15) is 9.78 Å². The molecule has 0 radical (unpaired) electrons. The Morgan fingerprint density at radius 1 is 0.930 bits per heavy atom. The lowest BCUT2D eigenvalue weighted by molar-refractivity contribution is 0.0954. The van der Waals surface area contributed by atoms with Crippen LogP contribution in [0.3, 0.4) is 0 Å². The van der Waals surface area contributed by atoms with Gasteiger partial charge in [0.05, 0.1) is 21.9 Å². The predicted molar refractivity (Wildman–Crippen MR) is 168 cm³/mol. The Labute approximate surface area is 258 Å². The van der Waals surface area contributed by atoms with E-state index in [0.717, 1.165) is 25.0 Å². The number of aryl methyl sites for hydroxylation is 2. The van der Waals surface area contributed by atoms with Crippen LogP contribution in [0.2, 0.25) is 10.0 Å². The fourth-order valence-electron chi connectivity index (χ4n) is 4.97. The molecule has 0 spiro atoms. The minimum atomic E-state index is -0.451. The molecule has 1 amide bonds. The van der Waals surface area contributed by atoms with Crippen molar-refractivity contribution in [1.82, 2.24) is 20.1 Å². The lowest BCUT2D eigenvalue weighted by Gasteiger charge is -2.15. The van der Waals surface area contributed by atoms with E-state index in [9.17, 15) is 9.59 Å². The van der Waals surface area contributed by atoms with Crippen LogP contribution in [0.1, 0.15) is 33.6 Å². The maximum atomic E-state index is 13.8. The second kappa shape index (κ2) is 12.7. The molecule has 0 bridgehead atoms. The van der Waals surface area contributed by atoms with Gasteiger partial charge in [-0.25, -0.2) is 0 Å². The number of nitrogens with one attached hydrogen (secondary N) is 2. The molecule has 2 heterocycles. The molecule has 3 aromatic carbocycles. The van der Waals surface area contributed by atoms with Crippen LogP contribution in [0, 0.1) is 0 Å². The Balaban J connectivity index is 1.25. The van der Waals surface area contributed by atoms with Crippen LogP contribution in [0.5, 0.6) is 11.5 Å². The van der Waals surface area contributed by atoms with E-state index in [1.165, 1.54) is 22.0 Å². The Kier molecular flexibility index (Phi) is 8.40. The summed E-state index contributed by atoms with van der Waals surface area (Å²) >= 11 is 12.3. The summed E-state index contributed by atoms with van der Waals surface area (Å²) in [7, 11) is 0. The van der Waals surface area contributed by atoms with Gasteiger partial charge in [0.2, 0.25) is 0 Å². The van der Waals surface area contributed by atoms with Crippen molar-refractivity contribution in [3.8, 4) is 17.2 Å². The lowest BCUT2D eigenvalue weighted by atomic mass is 10.1. The van der Waals surface area contributed by atoms with Crippen molar-refractivity contribution >= 4 is 40.5 Å². The number of ether oxygens (including phenoxy) is 1. The fourth-order valence-corrected chi connectivity index (χ4v) is 5.26. The Hall–Kier alpha value is -4.66. The maximum absolute atomic E-state index is 13.8. The number of nitrogens with zero attached hydrogens (tertiary/aromatic N) is 3. The molecule has 0 saturated heterocycles. The number of pyridine rings is 1. The van der Waals surface area contributed by atoms with Crippen molar-refractivity contribution in [2.24, 2.45) is 0 Å². The first-order valence-electron chi connectivity index (χ1n) is 13.9. The first-order valence-corrected chi connectivity index (χ1v) is 14.6. The highest BCUT2D eigenvalue weighted by Crippen LogP contribution is 2.33. The van der Waals surface area contributed by atoms with Crippen LogP contribution < -0.4 is 20.9 Å². The molecule has 1 aliphatic carbocycles. The molecule has 0 unspecified atom stereocenters. The number of fused-ring (bicyclic) bond motifs is 1. The molecule has 216 valence electrons. The number of anilines is 2. The average molecular weight is 613 g/mol. The third-order valence-corrected chi connectivity index (χ3v) is 7.94. The number of hydrogen-bond acceptors (Lipinski definition) is 6. The Bertz CT molecular complexity index is 1840. The van der Waals surface area contributed by atoms with Gasteiger partial charge in [0.15, 0.2) is 11.4 Å². The van der Waals surface area contributed by atoms with E-state index in [1.54, 1.807) is 48.7 Å². The van der Waals surface area contributed by atoms with Gasteiger partial charge in [-0.15, -0.1) is 0 Å². The third-order valence-electron chi connectivity index (χ3n) is 7.20. The highest BCUT2D eigenvalue weighted by molar-refractivity contribution is 6.42. The van der Waals surface area contributed by atoms with Crippen molar-refractivity contribution in [1.29, 1.82) is 0 Å². The summed E-state index contributed by atoms with van der Waals surface area (Å²) in [5.41, 5.74) is 4.73. The number of carbonyl (C=O) groups excluding carboxylic acids is 1. The van der Waals surface area contributed by atoms with Crippen molar-refractivity contribution in [2.45, 2.75) is 25.7 Å². The molecule has 0 saturated carbocycles. The summed E-state index contributed by atoms with van der Waals surface area (Å²) in [5.74, 6) is 0.680. The molecule has 6 rings (SSSR count). The average Bonchev–Trinajstić information content (AvgIpc) is 3.49. The van der Waals surface area contributed by atoms with E-state index in [2.05, 4.69) is 26.8 Å². The Morgan fingerprint density at radius 2 is 1.77 bits per heavy atom. The highest BCUT2D eigenvalue weighted by Gasteiger charge is 2.18. The molecule has 8 nitrogen and oxygen atoms in total. The summed E-state index contributed by atoms with van der Waals surface area (Å²) in [6, 6.07) is 23.4. The van der Waals surface area contributed by atoms with Gasteiger partial charge in [0, 0.05) is 36.1 Å². The molecule has 2 N–H and O–H groups in total. The van der Waals surface area contributed by atoms with Gasteiger partial charge in [0.1, 0.15) is 5.75 Å². The van der Waals surface area contributed by atoms with E-state index in [-0.39, 0.29) is 17.3 Å². The molecule has 0 fully saturated rings. The maximum Gasteiger partial charge on any atom is 0.299 e. The van der Waals surface area contributed by atoms with E-state index in [0.29, 0.717) is 45.7 Å². The van der Waals surface area contributed by atoms with Crippen LogP contribution in [0.25, 0.3) is 5.69 Å². The van der Waals surface area contributed by atoms with Crippen molar-refractivity contribution in [3.63, 3.8) is 0 Å². The van der Waals surface area contributed by atoms with E-state index >= 15 is 0 Å². The number of hydrogen-bond donors (Lipinski definition) is 2. The molecule has 0 atom stereocenters. The monoisotopic (exact) mass is 611 g/mol. The zero-order valence-corrected chi connectivity index (χ0v) is 24.5. The number of benzene rings is 3. The van der Waals surface area contributed by atoms with E-state index in [1.807, 2.05) is 30.3 Å². The molecular weight excluding hydrogens is 585 g/mol. The van der Waals surface area contributed by atoms with Gasteiger partial charge in [-0.1, -0.05) is 35.3 Å². The normalized spacial score (nSPS) is 12.0. The second-order valence-electron chi connectivity index (χ2n) is 10.1. The van der Waals surface area contributed by atoms with Crippen LogP contribution in [0.15, 0.2) is 96.1 Å². The number of rotatable bonds is 9. The first kappa shape index (κ1) is 28.5. The summed E-state index contributed by atoms with van der Waals surface area (Å²) in [4.78, 5) is 30.8. The molecule has 43 heavy (non-hydrogen) atoms. The quantitative estimate of drug-likeness (QED) is 0.187. The third kappa shape index (κ3) is 6.56. The van der Waals surface area contributed by atoms with Crippen molar-refractivity contribution < 1.29 is 9.53 Å². The smallest absolute Gasteiger partial charge is 0.299 e. The minimum absolute atomic E-state index is 0.175. The first-order chi connectivity index (χ1) is 20.9. The largest absolute Gasteiger partial charge is 0.453 e. The molecular formula is C33H27Cl2N5O3. The van der Waals surface area contributed by atoms with Gasteiger partial charge in [0.25, 0.3) is 11.5 Å². The number of amides is 1. The predicted octanol–water partition coefficient (Wildman–Crippen LogP) is 6.93. The number of carbonyl (C=O) groups is 1. The molecule has 10 heteroatoms. The highest BCUT2D eigenvalue weighted by atomic mass is 35.5. The summed E-state index contributed by atoms with van der Waals surface area (Å²) in [5, 5.41) is 11.1. The summed E-state index contributed by atoms with van der Waals surface area (Å²) in [6.07, 6.45) is 7.02. The topological polar surface area (TPSA) is 98.1 Å². The van der Waals surface area contributed by atoms with Gasteiger partial charge < -0.3 is 15.4 Å². The SMILES string of the molecule is O=C(NCCc1ccccn1)c1ccc(Nc2c(Oc3ccc4c(c3)CCC4)cnn(-c3ccc(Cl)c(Cl)c3)c2=O)cc1. The van der Waals surface area contributed by atoms with E-state index in [4.69, 9.17) is 27.9 Å². The standard InChI is InChI=1S/C33H27Cl2N5O3/c34-28-14-12-26(19-29(28)35)40-33(42)31(30(20-38-40)43-27-13-9-21-4-3-5-23(21)18-27)39-25-10-7-22(8-11-25)32(41)37-17-15-24-6-1-2-16-36-24/h1-2,6-14,16,18-20,39H,3-5,15,17H2,(H,37,41). The van der Waals surface area contributed by atoms with Crippen LogP contribution in [-0.4, -0.2) is 27.2 Å². The fraction of sp³-hybridized carbons (Fsp3) is 0.152. The summed E-state index contributed by atoms with van der Waals surface area (Å²) < 4.78 is 7.44. The summed E-state index contributed by atoms with van der Waals surface area (Å²) in [6.45, 7) is 0.463. The molecule has 1 aliphatic rings. The minimum Gasteiger partial charge on any atom is -0.453 e. The second-order valence-corrected chi connectivity index (χ2v) is 10.9. The number of aromatic nitrogens is 3. The number of halogens is 2. The van der Waals surface area contributed by atoms with Gasteiger partial charge in [-0.05, 0) is 97.1 Å². The zero-order valence-electron chi connectivity index (χ0n) is 23.0. The molecule has 2 aromatic heterocycles. The lowest BCUT2D eigenvalue weighted by Crippen LogP contribution is -2.26. The van der Waals surface area contributed by atoms with Crippen molar-refractivity contribution in [3.05, 3.63) is 134 Å². The van der Waals surface area contributed by atoms with E-state index < -0.39 is 5.56 Å². The Morgan fingerprint density at radius 3 is 2.56 bits per heavy atom. The molecule has 5 aromatic rings. The van der Waals surface area contributed by atoms with Crippen LogP contribution in [-0.2, 0) is 19.3 Å². The van der Waals surface area contributed by atoms with Gasteiger partial charge in [-0.3, -0.25) is 14.6 Å². The van der Waals surface area contributed by atoms with Crippen LogP contribution >= 0.6 is 23.2 Å². The van der Waals surface area contributed by atoms with Crippen molar-refractivity contribution in [2.75, 3.05) is 11.9 Å². The van der Waals surface area contributed by atoms with Gasteiger partial charge >= 0.3 is 0 Å². The van der Waals surface area contributed by atoms with Crippen LogP contribution in [0.4, 0.5) is 11.4 Å².